The first-order valence-corrected chi connectivity index (χ1v) is 5.79. The summed E-state index contributed by atoms with van der Waals surface area (Å²) in [7, 11) is 0. The Morgan fingerprint density at radius 1 is 1.22 bits per heavy atom. The molecule has 1 aromatic heterocycles. The normalized spacial score (nSPS) is 11.7. The molecule has 1 heterocycles. The Morgan fingerprint density at radius 3 is 2.28 bits per heavy atom. The molecule has 0 bridgehead atoms. The highest BCUT2D eigenvalue weighted by Crippen LogP contribution is 2.29. The first kappa shape index (κ1) is 12.7. The summed E-state index contributed by atoms with van der Waals surface area (Å²) in [5.41, 5.74) is -0.230. The zero-order valence-corrected chi connectivity index (χ0v) is 9.76. The minimum absolute atomic E-state index is 0.0479. The summed E-state index contributed by atoms with van der Waals surface area (Å²) in [4.78, 5) is 11.0. The summed E-state index contributed by atoms with van der Waals surface area (Å²) in [6, 6.07) is 4.46. The Hall–Kier alpha value is -1.76. The van der Waals surface area contributed by atoms with Crippen LogP contribution in [0.3, 0.4) is 0 Å². The van der Waals surface area contributed by atoms with Gasteiger partial charge in [-0.1, -0.05) is 23.5 Å². The number of thiazole rings is 1. The van der Waals surface area contributed by atoms with E-state index in [1.807, 2.05) is 0 Å². The van der Waals surface area contributed by atoms with Gasteiger partial charge < -0.3 is 5.11 Å². The van der Waals surface area contributed by atoms with Crippen LogP contribution in [0.15, 0.2) is 34.4 Å². The molecule has 0 unspecified atom stereocenters. The molecular weight excluding hydrogens is 267 g/mol. The van der Waals surface area contributed by atoms with E-state index in [9.17, 15) is 23.1 Å². The SMILES string of the molecule is O=c1scc(O)n1Cc1ccc(C(F)(F)F)cc1. The highest BCUT2D eigenvalue weighted by Gasteiger charge is 2.29. The van der Waals surface area contributed by atoms with Gasteiger partial charge in [-0.2, -0.15) is 13.2 Å². The van der Waals surface area contributed by atoms with Crippen molar-refractivity contribution >= 4 is 11.3 Å². The molecule has 0 aliphatic rings. The number of benzene rings is 1. The average Bonchev–Trinajstić information content (AvgIpc) is 2.60. The fourth-order valence-electron chi connectivity index (χ4n) is 1.45. The molecule has 2 aromatic rings. The molecule has 1 aromatic carbocycles. The first-order chi connectivity index (χ1) is 8.38. The van der Waals surface area contributed by atoms with Crippen molar-refractivity contribution in [1.82, 2.24) is 4.57 Å². The summed E-state index contributed by atoms with van der Waals surface area (Å²) in [5, 5.41) is 10.7. The van der Waals surface area contributed by atoms with Crippen LogP contribution in [0, 0.1) is 0 Å². The number of alkyl halides is 3. The Bertz CT molecular complexity index is 598. The molecule has 0 aliphatic carbocycles. The molecule has 0 saturated heterocycles. The fraction of sp³-hybridized carbons (Fsp3) is 0.182. The van der Waals surface area contributed by atoms with Gasteiger partial charge in [0.25, 0.3) is 0 Å². The second-order valence-corrected chi connectivity index (χ2v) is 4.46. The quantitative estimate of drug-likeness (QED) is 0.915. The van der Waals surface area contributed by atoms with Crippen molar-refractivity contribution in [2.24, 2.45) is 0 Å². The summed E-state index contributed by atoms with van der Waals surface area (Å²) < 4.78 is 38.1. The van der Waals surface area contributed by atoms with Crippen LogP contribution in [0.1, 0.15) is 11.1 Å². The number of aromatic nitrogens is 1. The molecule has 0 aliphatic heterocycles. The third-order valence-corrected chi connectivity index (χ3v) is 3.13. The zero-order chi connectivity index (χ0) is 13.3. The number of nitrogens with zero attached hydrogens (tertiary/aromatic N) is 1. The van der Waals surface area contributed by atoms with Gasteiger partial charge in [0, 0.05) is 0 Å². The van der Waals surface area contributed by atoms with Crippen LogP contribution in [0.5, 0.6) is 5.88 Å². The minimum atomic E-state index is -4.38. The maximum absolute atomic E-state index is 12.3. The van der Waals surface area contributed by atoms with Gasteiger partial charge in [-0.15, -0.1) is 0 Å². The highest BCUT2D eigenvalue weighted by atomic mass is 32.1. The maximum atomic E-state index is 12.3. The molecule has 0 amide bonds. The molecule has 3 nitrogen and oxygen atoms in total. The van der Waals surface area contributed by atoms with E-state index >= 15 is 0 Å². The number of aromatic hydroxyl groups is 1. The van der Waals surface area contributed by atoms with Crippen molar-refractivity contribution in [3.8, 4) is 5.88 Å². The summed E-state index contributed by atoms with van der Waals surface area (Å²) in [5.74, 6) is -0.190. The summed E-state index contributed by atoms with van der Waals surface area (Å²) in [6.45, 7) is 0.0479. The molecule has 0 fully saturated rings. The van der Waals surface area contributed by atoms with Gasteiger partial charge in [-0.25, -0.2) is 0 Å². The van der Waals surface area contributed by atoms with Crippen LogP contribution < -0.4 is 4.87 Å². The number of rotatable bonds is 2. The van der Waals surface area contributed by atoms with Crippen molar-refractivity contribution in [3.05, 3.63) is 50.4 Å². The van der Waals surface area contributed by atoms with Crippen molar-refractivity contribution in [3.63, 3.8) is 0 Å². The average molecular weight is 275 g/mol. The van der Waals surface area contributed by atoms with Crippen molar-refractivity contribution in [1.29, 1.82) is 0 Å². The van der Waals surface area contributed by atoms with E-state index < -0.39 is 11.7 Å². The van der Waals surface area contributed by atoms with Gasteiger partial charge in [-0.3, -0.25) is 9.36 Å². The van der Waals surface area contributed by atoms with Gasteiger partial charge in [0.2, 0.25) is 5.88 Å². The van der Waals surface area contributed by atoms with Crippen LogP contribution in [-0.4, -0.2) is 9.67 Å². The van der Waals surface area contributed by atoms with E-state index in [0.29, 0.717) is 5.56 Å². The van der Waals surface area contributed by atoms with E-state index in [2.05, 4.69) is 0 Å². The van der Waals surface area contributed by atoms with E-state index in [-0.39, 0.29) is 17.3 Å². The van der Waals surface area contributed by atoms with E-state index in [1.165, 1.54) is 17.5 Å². The summed E-state index contributed by atoms with van der Waals surface area (Å²) >= 11 is 0.835. The lowest BCUT2D eigenvalue weighted by atomic mass is 10.1. The third-order valence-electron chi connectivity index (χ3n) is 2.38. The molecule has 18 heavy (non-hydrogen) atoms. The predicted molar refractivity (Wildman–Crippen MR) is 60.8 cm³/mol. The topological polar surface area (TPSA) is 42.2 Å². The van der Waals surface area contributed by atoms with E-state index in [1.54, 1.807) is 0 Å². The van der Waals surface area contributed by atoms with Gasteiger partial charge in [0.05, 0.1) is 17.5 Å². The lowest BCUT2D eigenvalue weighted by Gasteiger charge is -2.08. The molecule has 0 spiro atoms. The van der Waals surface area contributed by atoms with Crippen molar-refractivity contribution < 1.29 is 18.3 Å². The van der Waals surface area contributed by atoms with Crippen LogP contribution in [0.4, 0.5) is 13.2 Å². The molecule has 7 heteroatoms. The lowest BCUT2D eigenvalue weighted by molar-refractivity contribution is -0.137. The smallest absolute Gasteiger partial charge is 0.416 e. The molecule has 0 saturated carbocycles. The van der Waals surface area contributed by atoms with Gasteiger partial charge in [0.15, 0.2) is 0 Å². The molecular formula is C11H8F3NO2S. The molecule has 2 rings (SSSR count). The highest BCUT2D eigenvalue weighted by molar-refractivity contribution is 7.07. The second-order valence-electron chi connectivity index (χ2n) is 3.64. The Labute approximate surface area is 104 Å². The maximum Gasteiger partial charge on any atom is 0.416 e. The standard InChI is InChI=1S/C11H8F3NO2S/c12-11(13,14)8-3-1-7(2-4-8)5-15-9(16)6-18-10(15)17/h1-4,6,16H,5H2. The predicted octanol–water partition coefficient (Wildman–Crippen LogP) is 2.68. The Balaban J connectivity index is 2.24. The first-order valence-electron chi connectivity index (χ1n) is 4.91. The van der Waals surface area contributed by atoms with Crippen LogP contribution >= 0.6 is 11.3 Å². The molecule has 96 valence electrons. The molecule has 0 radical (unpaired) electrons. The fourth-order valence-corrected chi connectivity index (χ4v) is 2.07. The number of hydrogen-bond donors (Lipinski definition) is 1. The molecule has 1 N–H and O–H groups in total. The van der Waals surface area contributed by atoms with Crippen LogP contribution in [0.25, 0.3) is 0 Å². The van der Waals surface area contributed by atoms with Crippen molar-refractivity contribution in [2.75, 3.05) is 0 Å². The van der Waals surface area contributed by atoms with E-state index in [0.717, 1.165) is 28.0 Å². The van der Waals surface area contributed by atoms with Crippen LogP contribution in [0.2, 0.25) is 0 Å². The van der Waals surface area contributed by atoms with Gasteiger partial charge in [-0.05, 0) is 17.7 Å². The van der Waals surface area contributed by atoms with Gasteiger partial charge in [0.1, 0.15) is 0 Å². The Kier molecular flexibility index (Phi) is 3.16. The lowest BCUT2D eigenvalue weighted by Crippen LogP contribution is -2.13. The second kappa shape index (κ2) is 4.49. The number of hydrogen-bond acceptors (Lipinski definition) is 3. The Morgan fingerprint density at radius 2 is 1.83 bits per heavy atom. The van der Waals surface area contributed by atoms with Gasteiger partial charge >= 0.3 is 11.0 Å². The molecule has 0 atom stereocenters. The van der Waals surface area contributed by atoms with E-state index in [4.69, 9.17) is 0 Å². The van der Waals surface area contributed by atoms with Crippen LogP contribution in [-0.2, 0) is 12.7 Å². The van der Waals surface area contributed by atoms with Crippen molar-refractivity contribution in [2.45, 2.75) is 12.7 Å². The number of halogens is 3. The largest absolute Gasteiger partial charge is 0.494 e. The monoisotopic (exact) mass is 275 g/mol. The zero-order valence-electron chi connectivity index (χ0n) is 8.94. The summed E-state index contributed by atoms with van der Waals surface area (Å²) in [6.07, 6.45) is -4.38. The minimum Gasteiger partial charge on any atom is -0.494 e. The third kappa shape index (κ3) is 2.56.